The van der Waals surface area contributed by atoms with Crippen molar-refractivity contribution in [3.05, 3.63) is 71.3 Å². The van der Waals surface area contributed by atoms with E-state index < -0.39 is 0 Å². The minimum Gasteiger partial charge on any atom is -0.311 e. The highest BCUT2D eigenvalue weighted by Crippen LogP contribution is 2.21. The van der Waals surface area contributed by atoms with Gasteiger partial charge in [0.1, 0.15) is 0 Å². The predicted molar refractivity (Wildman–Crippen MR) is 114 cm³/mol. The van der Waals surface area contributed by atoms with Crippen LogP contribution in [0.3, 0.4) is 0 Å². The van der Waals surface area contributed by atoms with Crippen LogP contribution in [0, 0.1) is 0 Å². The Hall–Kier alpha value is -1.64. The molecule has 0 heterocycles. The van der Waals surface area contributed by atoms with Gasteiger partial charge in [-0.3, -0.25) is 4.90 Å². The summed E-state index contributed by atoms with van der Waals surface area (Å²) < 4.78 is 0. The van der Waals surface area contributed by atoms with Crippen LogP contribution in [0.5, 0.6) is 0 Å². The van der Waals surface area contributed by atoms with Crippen molar-refractivity contribution in [1.82, 2.24) is 10.2 Å². The van der Waals surface area contributed by atoms with Gasteiger partial charge < -0.3 is 5.32 Å². The minimum atomic E-state index is 0.0746. The van der Waals surface area contributed by atoms with Gasteiger partial charge in [0.15, 0.2) is 0 Å². The number of rotatable bonds is 8. The van der Waals surface area contributed by atoms with Crippen molar-refractivity contribution in [1.29, 1.82) is 0 Å². The number of nitrogens with one attached hydrogen (secondary N) is 1. The lowest BCUT2D eigenvalue weighted by Gasteiger charge is -2.33. The maximum Gasteiger partial charge on any atom is 0.0238 e. The maximum absolute atomic E-state index is 3.75. The minimum absolute atomic E-state index is 0.0746. The van der Waals surface area contributed by atoms with Crippen molar-refractivity contribution < 1.29 is 0 Å². The Labute approximate surface area is 160 Å². The zero-order valence-electron chi connectivity index (χ0n) is 17.5. The van der Waals surface area contributed by atoms with Gasteiger partial charge in [-0.2, -0.15) is 0 Å². The molecule has 0 atom stereocenters. The molecular weight excluding hydrogens is 316 g/mol. The molecule has 0 aliphatic carbocycles. The highest BCUT2D eigenvalue weighted by Gasteiger charge is 2.21. The van der Waals surface area contributed by atoms with Crippen LogP contribution in [0.4, 0.5) is 0 Å². The molecule has 0 spiro atoms. The monoisotopic (exact) mass is 352 g/mol. The molecule has 0 aromatic heterocycles. The third-order valence-corrected chi connectivity index (χ3v) is 5.16. The van der Waals surface area contributed by atoms with Crippen LogP contribution in [0.25, 0.3) is 0 Å². The second-order valence-electron chi connectivity index (χ2n) is 9.02. The molecule has 0 aliphatic rings. The third-order valence-electron chi connectivity index (χ3n) is 5.16. The smallest absolute Gasteiger partial charge is 0.0238 e. The number of hydrogen-bond donors (Lipinski definition) is 1. The fraction of sp³-hybridized carbons (Fsp3) is 0.500. The Morgan fingerprint density at radius 1 is 0.808 bits per heavy atom. The third kappa shape index (κ3) is 6.59. The zero-order chi connectivity index (χ0) is 19.2. The summed E-state index contributed by atoms with van der Waals surface area (Å²) >= 11 is 0. The maximum atomic E-state index is 3.75. The summed E-state index contributed by atoms with van der Waals surface area (Å²) in [6.45, 7) is 13.4. The normalized spacial score (nSPS) is 12.6. The molecule has 2 heteroatoms. The first-order valence-electron chi connectivity index (χ1n) is 9.74. The van der Waals surface area contributed by atoms with Gasteiger partial charge in [-0.25, -0.2) is 0 Å². The lowest BCUT2D eigenvalue weighted by molar-refractivity contribution is 0.167. The summed E-state index contributed by atoms with van der Waals surface area (Å²) in [7, 11) is 2.21. The average molecular weight is 353 g/mol. The Bertz CT molecular complexity index is 668. The van der Waals surface area contributed by atoms with Crippen LogP contribution in [-0.4, -0.2) is 29.6 Å². The van der Waals surface area contributed by atoms with Crippen molar-refractivity contribution in [2.45, 2.75) is 65.1 Å². The number of hydrogen-bond acceptors (Lipinski definition) is 2. The van der Waals surface area contributed by atoms with Crippen LogP contribution in [0.15, 0.2) is 54.6 Å². The zero-order valence-corrected chi connectivity index (χ0v) is 17.5. The van der Waals surface area contributed by atoms with E-state index in [0.717, 1.165) is 25.9 Å². The van der Waals surface area contributed by atoms with E-state index in [1.54, 1.807) is 0 Å². The van der Waals surface area contributed by atoms with Gasteiger partial charge in [0, 0.05) is 17.6 Å². The molecule has 0 saturated carbocycles. The fourth-order valence-corrected chi connectivity index (χ4v) is 3.11. The largest absolute Gasteiger partial charge is 0.311 e. The Balaban J connectivity index is 1.97. The molecule has 2 nitrogen and oxygen atoms in total. The molecule has 142 valence electrons. The van der Waals surface area contributed by atoms with Gasteiger partial charge in [0.25, 0.3) is 0 Å². The first-order valence-corrected chi connectivity index (χ1v) is 9.74. The Kier molecular flexibility index (Phi) is 7.02. The predicted octanol–water partition coefficient (Wildman–Crippen LogP) is 5.07. The molecule has 0 fully saturated rings. The van der Waals surface area contributed by atoms with Crippen LogP contribution in [0.2, 0.25) is 0 Å². The first-order chi connectivity index (χ1) is 12.2. The molecule has 0 unspecified atom stereocenters. The molecule has 1 N–H and O–H groups in total. The van der Waals surface area contributed by atoms with Gasteiger partial charge in [-0.15, -0.1) is 0 Å². The summed E-state index contributed by atoms with van der Waals surface area (Å²) in [6.07, 6.45) is 2.11. The van der Waals surface area contributed by atoms with E-state index in [4.69, 9.17) is 0 Å². The molecule has 0 radical (unpaired) electrons. The SMILES string of the molecule is CN(Cc1ccccc1CC(C)(C)NCCc1ccccc1)C(C)(C)C. The van der Waals surface area contributed by atoms with Crippen molar-refractivity contribution in [3.63, 3.8) is 0 Å². The standard InChI is InChI=1S/C24H36N2/c1-23(2,3)26(6)19-22-15-11-10-14-21(22)18-24(4,5)25-17-16-20-12-8-7-9-13-20/h7-15,25H,16-19H2,1-6H3. The highest BCUT2D eigenvalue weighted by atomic mass is 15.2. The Morgan fingerprint density at radius 3 is 2.00 bits per heavy atom. The van der Waals surface area contributed by atoms with E-state index in [2.05, 4.69) is 106 Å². The summed E-state index contributed by atoms with van der Waals surface area (Å²) in [6, 6.07) is 19.6. The summed E-state index contributed by atoms with van der Waals surface area (Å²) in [5.74, 6) is 0. The molecule has 2 aromatic carbocycles. The second kappa shape index (κ2) is 8.83. The number of benzene rings is 2. The topological polar surface area (TPSA) is 15.3 Å². The van der Waals surface area contributed by atoms with Crippen LogP contribution in [-0.2, 0) is 19.4 Å². The fourth-order valence-electron chi connectivity index (χ4n) is 3.11. The van der Waals surface area contributed by atoms with Gasteiger partial charge in [0.05, 0.1) is 0 Å². The van der Waals surface area contributed by atoms with E-state index in [9.17, 15) is 0 Å². The summed E-state index contributed by atoms with van der Waals surface area (Å²) in [5, 5.41) is 3.75. The lowest BCUT2D eigenvalue weighted by Crippen LogP contribution is -2.43. The van der Waals surface area contributed by atoms with Crippen molar-refractivity contribution in [3.8, 4) is 0 Å². The van der Waals surface area contributed by atoms with Crippen LogP contribution >= 0.6 is 0 Å². The molecule has 2 rings (SSSR count). The van der Waals surface area contributed by atoms with Gasteiger partial charge in [-0.1, -0.05) is 54.6 Å². The molecule has 0 amide bonds. The van der Waals surface area contributed by atoms with Crippen LogP contribution < -0.4 is 5.32 Å². The first kappa shape index (κ1) is 20.7. The van der Waals surface area contributed by atoms with E-state index in [1.165, 1.54) is 16.7 Å². The molecule has 0 bridgehead atoms. The van der Waals surface area contributed by atoms with E-state index in [1.807, 2.05) is 0 Å². The summed E-state index contributed by atoms with van der Waals surface area (Å²) in [4.78, 5) is 2.42. The average Bonchev–Trinajstić information content (AvgIpc) is 2.56. The van der Waals surface area contributed by atoms with E-state index >= 15 is 0 Å². The van der Waals surface area contributed by atoms with Gasteiger partial charge >= 0.3 is 0 Å². The van der Waals surface area contributed by atoms with Crippen molar-refractivity contribution >= 4 is 0 Å². The second-order valence-corrected chi connectivity index (χ2v) is 9.02. The van der Waals surface area contributed by atoms with Crippen molar-refractivity contribution in [2.75, 3.05) is 13.6 Å². The van der Waals surface area contributed by atoms with Crippen molar-refractivity contribution in [2.24, 2.45) is 0 Å². The molecule has 26 heavy (non-hydrogen) atoms. The molecular formula is C24H36N2. The Morgan fingerprint density at radius 2 is 1.38 bits per heavy atom. The summed E-state index contributed by atoms with van der Waals surface area (Å²) in [5.41, 5.74) is 4.52. The molecule has 2 aromatic rings. The number of nitrogens with zero attached hydrogens (tertiary/aromatic N) is 1. The van der Waals surface area contributed by atoms with Gasteiger partial charge in [-0.05, 0) is 77.7 Å². The van der Waals surface area contributed by atoms with Crippen LogP contribution in [0.1, 0.15) is 51.3 Å². The van der Waals surface area contributed by atoms with E-state index in [0.29, 0.717) is 0 Å². The molecule has 0 saturated heterocycles. The lowest BCUT2D eigenvalue weighted by atomic mass is 9.91. The van der Waals surface area contributed by atoms with Gasteiger partial charge in [0.2, 0.25) is 0 Å². The van der Waals surface area contributed by atoms with E-state index in [-0.39, 0.29) is 11.1 Å². The quantitative estimate of drug-likeness (QED) is 0.713. The highest BCUT2D eigenvalue weighted by molar-refractivity contribution is 5.29. The molecule has 0 aliphatic heterocycles.